The summed E-state index contributed by atoms with van der Waals surface area (Å²) in [5.74, 6) is -0.127. The molecule has 2 N–H and O–H groups in total. The Morgan fingerprint density at radius 3 is 2.86 bits per heavy atom. The van der Waals surface area contributed by atoms with Gasteiger partial charge in [0.25, 0.3) is 5.91 Å². The van der Waals surface area contributed by atoms with Gasteiger partial charge in [-0.1, -0.05) is 0 Å². The highest BCUT2D eigenvalue weighted by molar-refractivity contribution is 9.10. The second-order valence-corrected chi connectivity index (χ2v) is 6.53. The van der Waals surface area contributed by atoms with Gasteiger partial charge in [-0.25, -0.2) is 4.79 Å². The lowest BCUT2D eigenvalue weighted by Gasteiger charge is -2.33. The molecule has 1 saturated carbocycles. The van der Waals surface area contributed by atoms with E-state index in [0.717, 1.165) is 4.60 Å². The number of methoxy groups -OCH3 is 1. The SMILES string of the molecule is CO[C@]12C[C@@H]3[C@@H](NC(=O)c4ccc(Br)n43)[C@H]1NC(=O)N2C. The summed E-state index contributed by atoms with van der Waals surface area (Å²) in [5, 5.41) is 5.96. The molecule has 8 heteroatoms. The zero-order valence-corrected chi connectivity index (χ0v) is 13.2. The van der Waals surface area contributed by atoms with Crippen LogP contribution in [0.2, 0.25) is 0 Å². The molecule has 2 fully saturated rings. The van der Waals surface area contributed by atoms with Crippen LogP contribution in [0.25, 0.3) is 0 Å². The smallest absolute Gasteiger partial charge is 0.319 e. The Morgan fingerprint density at radius 2 is 2.14 bits per heavy atom. The number of nitrogens with zero attached hydrogens (tertiary/aromatic N) is 2. The lowest BCUT2D eigenvalue weighted by molar-refractivity contribution is -0.0913. The first-order valence-corrected chi connectivity index (χ1v) is 7.56. The van der Waals surface area contributed by atoms with Gasteiger partial charge in [0.05, 0.1) is 16.7 Å². The van der Waals surface area contributed by atoms with Crippen LogP contribution in [0.3, 0.4) is 0 Å². The lowest BCUT2D eigenvalue weighted by Crippen LogP contribution is -2.56. The standard InChI is InChI=1S/C13H15BrN4O3/c1-17-12(20)16-10-9-7(5-13(10,17)21-2)18-6(11(19)15-9)3-4-8(18)14/h3-4,7,9-10H,5H2,1-2H3,(H,15,19)(H,16,20)/t7-,9-,10-,13-/m1/s1. The third-order valence-corrected chi connectivity index (χ3v) is 5.64. The summed E-state index contributed by atoms with van der Waals surface area (Å²) in [5.41, 5.74) is -0.103. The summed E-state index contributed by atoms with van der Waals surface area (Å²) in [4.78, 5) is 25.8. The van der Waals surface area contributed by atoms with E-state index < -0.39 is 5.72 Å². The van der Waals surface area contributed by atoms with Crippen molar-refractivity contribution in [3.63, 3.8) is 0 Å². The van der Waals surface area contributed by atoms with E-state index in [-0.39, 0.29) is 30.1 Å². The first-order valence-electron chi connectivity index (χ1n) is 6.76. The molecule has 2 aliphatic heterocycles. The number of hydrogen-bond acceptors (Lipinski definition) is 3. The summed E-state index contributed by atoms with van der Waals surface area (Å²) in [6.07, 6.45) is 0.620. The van der Waals surface area contributed by atoms with Crippen LogP contribution < -0.4 is 10.6 Å². The van der Waals surface area contributed by atoms with E-state index in [0.29, 0.717) is 12.1 Å². The first kappa shape index (κ1) is 13.1. The summed E-state index contributed by atoms with van der Waals surface area (Å²) in [7, 11) is 3.33. The number of likely N-dealkylation sites (N-methyl/N-ethyl adjacent to an activating group) is 1. The number of halogens is 1. The topological polar surface area (TPSA) is 75.6 Å². The van der Waals surface area contributed by atoms with Crippen molar-refractivity contribution in [2.45, 2.75) is 30.3 Å². The van der Waals surface area contributed by atoms with Crippen molar-refractivity contribution in [1.29, 1.82) is 0 Å². The number of ether oxygens (including phenoxy) is 1. The van der Waals surface area contributed by atoms with Crippen LogP contribution in [0, 0.1) is 0 Å². The number of amides is 3. The number of hydrogen-bond donors (Lipinski definition) is 2. The highest BCUT2D eigenvalue weighted by Gasteiger charge is 2.64. The van der Waals surface area contributed by atoms with Crippen molar-refractivity contribution in [3.8, 4) is 0 Å². The summed E-state index contributed by atoms with van der Waals surface area (Å²) in [6.45, 7) is 0. The molecule has 0 aromatic carbocycles. The molecule has 1 aliphatic carbocycles. The Morgan fingerprint density at radius 1 is 1.38 bits per heavy atom. The quantitative estimate of drug-likeness (QED) is 0.778. The van der Waals surface area contributed by atoms with E-state index in [1.807, 2.05) is 10.6 Å². The van der Waals surface area contributed by atoms with Gasteiger partial charge in [0, 0.05) is 20.6 Å². The lowest BCUT2D eigenvalue weighted by atomic mass is 10.1. The Bertz CT molecular complexity index is 660. The van der Waals surface area contributed by atoms with Crippen molar-refractivity contribution >= 4 is 27.9 Å². The molecule has 1 aromatic heterocycles. The van der Waals surface area contributed by atoms with E-state index in [4.69, 9.17) is 4.74 Å². The largest absolute Gasteiger partial charge is 0.356 e. The Labute approximate surface area is 129 Å². The van der Waals surface area contributed by atoms with E-state index in [1.165, 1.54) is 0 Å². The molecular formula is C13H15BrN4O3. The predicted molar refractivity (Wildman–Crippen MR) is 76.9 cm³/mol. The summed E-state index contributed by atoms with van der Waals surface area (Å²) >= 11 is 3.50. The van der Waals surface area contributed by atoms with Gasteiger partial charge in [0.1, 0.15) is 11.7 Å². The Hall–Kier alpha value is -1.54. The molecule has 1 aromatic rings. The molecule has 4 atom stereocenters. The van der Waals surface area contributed by atoms with Gasteiger partial charge < -0.3 is 19.9 Å². The minimum atomic E-state index is -0.731. The minimum Gasteiger partial charge on any atom is -0.356 e. The number of nitrogens with one attached hydrogen (secondary N) is 2. The van der Waals surface area contributed by atoms with Crippen molar-refractivity contribution in [2.24, 2.45) is 0 Å². The maximum atomic E-state index is 12.3. The van der Waals surface area contributed by atoms with Crippen molar-refractivity contribution in [3.05, 3.63) is 22.4 Å². The number of carbonyl (C=O) groups excluding carboxylic acids is 2. The molecule has 4 rings (SSSR count). The number of rotatable bonds is 1. The van der Waals surface area contributed by atoms with E-state index in [9.17, 15) is 9.59 Å². The molecule has 0 bridgehead atoms. The highest BCUT2D eigenvalue weighted by Crippen LogP contribution is 2.48. The van der Waals surface area contributed by atoms with Crippen LogP contribution in [0.5, 0.6) is 0 Å². The van der Waals surface area contributed by atoms with Gasteiger partial charge in [-0.3, -0.25) is 9.69 Å². The zero-order valence-electron chi connectivity index (χ0n) is 11.6. The molecule has 1 saturated heterocycles. The number of urea groups is 1. The predicted octanol–water partition coefficient (Wildman–Crippen LogP) is 0.674. The molecule has 0 spiro atoms. The third-order valence-electron chi connectivity index (χ3n) is 5.00. The van der Waals surface area contributed by atoms with Crippen LogP contribution in [0.1, 0.15) is 23.0 Å². The Balaban J connectivity index is 1.84. The van der Waals surface area contributed by atoms with Crippen LogP contribution in [0.15, 0.2) is 16.7 Å². The fourth-order valence-electron chi connectivity index (χ4n) is 3.96. The molecule has 7 nitrogen and oxygen atoms in total. The van der Waals surface area contributed by atoms with Gasteiger partial charge in [-0.2, -0.15) is 0 Å². The fourth-order valence-corrected chi connectivity index (χ4v) is 4.54. The van der Waals surface area contributed by atoms with E-state index >= 15 is 0 Å². The molecule has 112 valence electrons. The second-order valence-electron chi connectivity index (χ2n) is 5.72. The van der Waals surface area contributed by atoms with Gasteiger partial charge in [0.2, 0.25) is 0 Å². The maximum Gasteiger partial charge on any atom is 0.319 e. The molecular weight excluding hydrogens is 340 g/mol. The normalized spacial score (nSPS) is 36.9. The summed E-state index contributed by atoms with van der Waals surface area (Å²) < 4.78 is 8.58. The number of aromatic nitrogens is 1. The maximum absolute atomic E-state index is 12.3. The van der Waals surface area contributed by atoms with Crippen LogP contribution in [-0.4, -0.2) is 53.4 Å². The van der Waals surface area contributed by atoms with Crippen molar-refractivity contribution in [1.82, 2.24) is 20.1 Å². The minimum absolute atomic E-state index is 0.0371. The van der Waals surface area contributed by atoms with E-state index in [2.05, 4.69) is 26.6 Å². The van der Waals surface area contributed by atoms with Gasteiger partial charge in [-0.15, -0.1) is 0 Å². The molecule has 0 radical (unpaired) electrons. The van der Waals surface area contributed by atoms with Gasteiger partial charge in [-0.05, 0) is 28.1 Å². The molecule has 21 heavy (non-hydrogen) atoms. The van der Waals surface area contributed by atoms with Crippen molar-refractivity contribution in [2.75, 3.05) is 14.2 Å². The molecule has 0 unspecified atom stereocenters. The van der Waals surface area contributed by atoms with Crippen LogP contribution in [-0.2, 0) is 4.74 Å². The average Bonchev–Trinajstić information content (AvgIpc) is 3.06. The van der Waals surface area contributed by atoms with Gasteiger partial charge in [0.15, 0.2) is 5.72 Å². The molecule has 3 amide bonds. The number of carbonyl (C=O) groups is 2. The monoisotopic (exact) mass is 354 g/mol. The van der Waals surface area contributed by atoms with Crippen molar-refractivity contribution < 1.29 is 14.3 Å². The average molecular weight is 355 g/mol. The third kappa shape index (κ3) is 1.41. The second kappa shape index (κ2) is 4.01. The molecule has 3 aliphatic rings. The Kier molecular flexibility index (Phi) is 2.51. The number of fused-ring (bicyclic) bond motifs is 5. The summed E-state index contributed by atoms with van der Waals surface area (Å²) in [6, 6.07) is 3.07. The fraction of sp³-hybridized carbons (Fsp3) is 0.538. The zero-order chi connectivity index (χ0) is 14.9. The van der Waals surface area contributed by atoms with Crippen LogP contribution in [0.4, 0.5) is 4.79 Å². The van der Waals surface area contributed by atoms with Crippen LogP contribution >= 0.6 is 15.9 Å². The van der Waals surface area contributed by atoms with E-state index in [1.54, 1.807) is 25.1 Å². The van der Waals surface area contributed by atoms with Gasteiger partial charge >= 0.3 is 6.03 Å². The highest BCUT2D eigenvalue weighted by atomic mass is 79.9. The first-order chi connectivity index (χ1) is 9.99. The molecule has 3 heterocycles.